The number of piperazine rings is 1. The Kier molecular flexibility index (Phi) is 5.53. The third kappa shape index (κ3) is 4.06. The monoisotopic (exact) mass is 429 g/mol. The number of furan rings is 1. The lowest BCUT2D eigenvalue weighted by atomic mass is 9.92. The first-order chi connectivity index (χ1) is 15.6. The Morgan fingerprint density at radius 1 is 0.906 bits per heavy atom. The molecule has 2 amide bonds. The van der Waals surface area contributed by atoms with Gasteiger partial charge in [-0.25, -0.2) is 0 Å². The molecule has 5 rings (SSSR count). The van der Waals surface area contributed by atoms with Crippen molar-refractivity contribution in [2.75, 3.05) is 25.5 Å². The molecule has 0 spiro atoms. The summed E-state index contributed by atoms with van der Waals surface area (Å²) in [4.78, 5) is 29.7. The number of benzene rings is 2. The molecule has 3 aromatic rings. The second-order valence-corrected chi connectivity index (χ2v) is 8.68. The van der Waals surface area contributed by atoms with E-state index < -0.39 is 0 Å². The number of amides is 2. The summed E-state index contributed by atoms with van der Waals surface area (Å²) in [6.45, 7) is 1.52. The molecule has 2 aromatic carbocycles. The van der Waals surface area contributed by atoms with Gasteiger partial charge in [-0.05, 0) is 68.4 Å². The standard InChI is InChI=1S/C26H27N3O3/c1-28-21-8-5-9-22(28)17-29(16-21)26(31)24-15-14-23(32-24)18-10-12-20(13-11-18)27-25(30)19-6-3-2-4-7-19/h2-4,6-7,10-15,21-22H,5,8-9,16-17H2,1H3,(H,27,30). The normalized spacial score (nSPS) is 20.7. The number of fused-ring (bicyclic) bond motifs is 2. The summed E-state index contributed by atoms with van der Waals surface area (Å²) in [5.74, 6) is 0.835. The number of likely N-dealkylation sites (tertiary alicyclic amines) is 1. The fraction of sp³-hybridized carbons (Fsp3) is 0.308. The highest BCUT2D eigenvalue weighted by Crippen LogP contribution is 2.29. The fourth-order valence-corrected chi connectivity index (χ4v) is 4.76. The number of carbonyl (C=O) groups excluding carboxylic acids is 2. The van der Waals surface area contributed by atoms with Crippen LogP contribution in [0.3, 0.4) is 0 Å². The minimum Gasteiger partial charge on any atom is -0.451 e. The number of carbonyl (C=O) groups is 2. The predicted molar refractivity (Wildman–Crippen MR) is 124 cm³/mol. The van der Waals surface area contributed by atoms with E-state index in [0.717, 1.165) is 31.5 Å². The first-order valence-corrected chi connectivity index (χ1v) is 11.2. The van der Waals surface area contributed by atoms with Gasteiger partial charge in [0.2, 0.25) is 0 Å². The Labute approximate surface area is 187 Å². The van der Waals surface area contributed by atoms with Crippen molar-refractivity contribution < 1.29 is 14.0 Å². The molecule has 0 radical (unpaired) electrons. The van der Waals surface area contributed by atoms with Gasteiger partial charge in [-0.1, -0.05) is 24.6 Å². The van der Waals surface area contributed by atoms with Crippen LogP contribution in [0.5, 0.6) is 0 Å². The number of hydrogen-bond donors (Lipinski definition) is 1. The van der Waals surface area contributed by atoms with Crippen molar-refractivity contribution in [3.8, 4) is 11.3 Å². The highest BCUT2D eigenvalue weighted by molar-refractivity contribution is 6.04. The average Bonchev–Trinajstić information content (AvgIpc) is 3.30. The Morgan fingerprint density at radius 3 is 2.28 bits per heavy atom. The molecule has 1 aromatic heterocycles. The Morgan fingerprint density at radius 2 is 1.59 bits per heavy atom. The number of piperidine rings is 1. The zero-order valence-electron chi connectivity index (χ0n) is 18.2. The lowest BCUT2D eigenvalue weighted by molar-refractivity contribution is 0.00959. The maximum absolute atomic E-state index is 13.1. The number of nitrogens with zero attached hydrogens (tertiary/aromatic N) is 2. The van der Waals surface area contributed by atoms with Gasteiger partial charge in [0.25, 0.3) is 11.8 Å². The highest BCUT2D eigenvalue weighted by atomic mass is 16.4. The van der Waals surface area contributed by atoms with E-state index >= 15 is 0 Å². The summed E-state index contributed by atoms with van der Waals surface area (Å²) in [5, 5.41) is 2.89. The first kappa shape index (κ1) is 20.5. The predicted octanol–water partition coefficient (Wildman–Crippen LogP) is 4.51. The quantitative estimate of drug-likeness (QED) is 0.663. The molecule has 2 atom stereocenters. The molecule has 2 bridgehead atoms. The van der Waals surface area contributed by atoms with Crippen LogP contribution < -0.4 is 5.32 Å². The van der Waals surface area contributed by atoms with Gasteiger partial charge >= 0.3 is 0 Å². The molecule has 32 heavy (non-hydrogen) atoms. The lowest BCUT2D eigenvalue weighted by Crippen LogP contribution is -2.60. The summed E-state index contributed by atoms with van der Waals surface area (Å²) >= 11 is 0. The number of hydrogen-bond acceptors (Lipinski definition) is 4. The van der Waals surface area contributed by atoms with Crippen LogP contribution in [0, 0.1) is 0 Å². The van der Waals surface area contributed by atoms with Crippen molar-refractivity contribution in [1.82, 2.24) is 9.80 Å². The Balaban J connectivity index is 1.25. The van der Waals surface area contributed by atoms with Gasteiger partial charge in [0.15, 0.2) is 5.76 Å². The van der Waals surface area contributed by atoms with Crippen LogP contribution in [-0.2, 0) is 0 Å². The van der Waals surface area contributed by atoms with E-state index in [1.807, 2.05) is 53.4 Å². The van der Waals surface area contributed by atoms with Gasteiger partial charge in [0.05, 0.1) is 0 Å². The van der Waals surface area contributed by atoms with Gasteiger partial charge in [-0.3, -0.25) is 14.5 Å². The third-order valence-electron chi connectivity index (χ3n) is 6.66. The summed E-state index contributed by atoms with van der Waals surface area (Å²) in [5.41, 5.74) is 2.17. The van der Waals surface area contributed by atoms with Crippen molar-refractivity contribution in [2.24, 2.45) is 0 Å². The Hall–Kier alpha value is -3.38. The van der Waals surface area contributed by atoms with Gasteiger partial charge in [-0.15, -0.1) is 0 Å². The molecular formula is C26H27N3O3. The van der Waals surface area contributed by atoms with Crippen molar-refractivity contribution in [3.63, 3.8) is 0 Å². The van der Waals surface area contributed by atoms with Crippen molar-refractivity contribution in [2.45, 2.75) is 31.3 Å². The van der Waals surface area contributed by atoms with E-state index in [1.165, 1.54) is 6.42 Å². The van der Waals surface area contributed by atoms with E-state index in [-0.39, 0.29) is 11.8 Å². The largest absolute Gasteiger partial charge is 0.451 e. The molecule has 2 aliphatic rings. The molecule has 2 unspecified atom stereocenters. The van der Waals surface area contributed by atoms with E-state index in [9.17, 15) is 9.59 Å². The number of nitrogens with one attached hydrogen (secondary N) is 1. The van der Waals surface area contributed by atoms with Gasteiger partial charge in [0.1, 0.15) is 5.76 Å². The van der Waals surface area contributed by atoms with Crippen LogP contribution in [0.15, 0.2) is 71.1 Å². The second kappa shape index (κ2) is 8.63. The minimum atomic E-state index is -0.152. The van der Waals surface area contributed by atoms with E-state index in [2.05, 4.69) is 17.3 Å². The van der Waals surface area contributed by atoms with E-state index in [0.29, 0.717) is 34.9 Å². The second-order valence-electron chi connectivity index (χ2n) is 8.68. The maximum atomic E-state index is 13.1. The highest BCUT2D eigenvalue weighted by Gasteiger charge is 2.37. The van der Waals surface area contributed by atoms with Crippen LogP contribution in [0.2, 0.25) is 0 Å². The third-order valence-corrected chi connectivity index (χ3v) is 6.66. The molecule has 0 aliphatic carbocycles. The fourth-order valence-electron chi connectivity index (χ4n) is 4.76. The van der Waals surface area contributed by atoms with Gasteiger partial charge < -0.3 is 14.6 Å². The van der Waals surface area contributed by atoms with E-state index in [1.54, 1.807) is 18.2 Å². The van der Waals surface area contributed by atoms with Crippen molar-refractivity contribution in [1.29, 1.82) is 0 Å². The van der Waals surface area contributed by atoms with E-state index in [4.69, 9.17) is 4.42 Å². The molecule has 1 N–H and O–H groups in total. The number of rotatable bonds is 4. The maximum Gasteiger partial charge on any atom is 0.289 e. The SMILES string of the molecule is CN1C2CCCC1CN(C(=O)c1ccc(-c3ccc(NC(=O)c4ccccc4)cc3)o1)C2. The van der Waals surface area contributed by atoms with Gasteiger partial charge in [0, 0.05) is 42.0 Å². The van der Waals surface area contributed by atoms with Crippen LogP contribution >= 0.6 is 0 Å². The lowest BCUT2D eigenvalue weighted by Gasteiger charge is -2.48. The molecule has 164 valence electrons. The first-order valence-electron chi connectivity index (χ1n) is 11.2. The smallest absolute Gasteiger partial charge is 0.289 e. The Bertz CT molecular complexity index is 1090. The van der Waals surface area contributed by atoms with Crippen molar-refractivity contribution in [3.05, 3.63) is 78.1 Å². The van der Waals surface area contributed by atoms with Crippen LogP contribution in [-0.4, -0.2) is 53.8 Å². The molecule has 3 heterocycles. The zero-order valence-corrected chi connectivity index (χ0v) is 18.2. The summed E-state index contributed by atoms with van der Waals surface area (Å²) in [6.07, 6.45) is 3.54. The summed E-state index contributed by atoms with van der Waals surface area (Å²) in [7, 11) is 2.17. The number of anilines is 1. The minimum absolute atomic E-state index is 0.0343. The summed E-state index contributed by atoms with van der Waals surface area (Å²) in [6, 6.07) is 21.0. The number of likely N-dealkylation sites (N-methyl/N-ethyl adjacent to an activating group) is 1. The molecule has 2 fully saturated rings. The molecule has 2 aliphatic heterocycles. The molecule has 0 saturated carbocycles. The van der Waals surface area contributed by atoms with Crippen LogP contribution in [0.25, 0.3) is 11.3 Å². The van der Waals surface area contributed by atoms with Crippen molar-refractivity contribution >= 4 is 17.5 Å². The average molecular weight is 430 g/mol. The molecule has 2 saturated heterocycles. The summed E-state index contributed by atoms with van der Waals surface area (Å²) < 4.78 is 5.93. The zero-order chi connectivity index (χ0) is 22.1. The van der Waals surface area contributed by atoms with Gasteiger partial charge in [-0.2, -0.15) is 0 Å². The molecule has 6 heteroatoms. The topological polar surface area (TPSA) is 65.8 Å². The molecule has 6 nitrogen and oxygen atoms in total. The molecular weight excluding hydrogens is 402 g/mol. The van der Waals surface area contributed by atoms with Crippen LogP contribution in [0.1, 0.15) is 40.2 Å². The van der Waals surface area contributed by atoms with Crippen LogP contribution in [0.4, 0.5) is 5.69 Å².